The summed E-state index contributed by atoms with van der Waals surface area (Å²) in [5, 5.41) is 11.7. The lowest BCUT2D eigenvalue weighted by Gasteiger charge is -2.38. The maximum Gasteiger partial charge on any atom is 0.194 e. The van der Waals surface area contributed by atoms with E-state index in [-0.39, 0.29) is 0 Å². The second-order valence-corrected chi connectivity index (χ2v) is 7.07. The first-order valence-electron chi connectivity index (χ1n) is 10.5. The van der Waals surface area contributed by atoms with E-state index in [4.69, 9.17) is 9.73 Å². The number of ether oxygens (including phenoxy) is 1. The third kappa shape index (κ3) is 5.40. The Morgan fingerprint density at radius 3 is 2.69 bits per heavy atom. The van der Waals surface area contributed by atoms with Crippen molar-refractivity contribution in [2.24, 2.45) is 4.99 Å². The van der Waals surface area contributed by atoms with Crippen LogP contribution >= 0.6 is 0 Å². The van der Waals surface area contributed by atoms with Gasteiger partial charge in [-0.2, -0.15) is 0 Å². The molecule has 158 valence electrons. The Kier molecular flexibility index (Phi) is 7.72. The van der Waals surface area contributed by atoms with E-state index in [1.807, 2.05) is 12.1 Å². The fourth-order valence-corrected chi connectivity index (χ4v) is 3.56. The van der Waals surface area contributed by atoms with E-state index in [1.54, 1.807) is 13.4 Å². The smallest absolute Gasteiger partial charge is 0.194 e. The Hall–Kier alpha value is -2.77. The predicted octanol–water partition coefficient (Wildman–Crippen LogP) is 2.03. The molecule has 29 heavy (non-hydrogen) atoms. The summed E-state index contributed by atoms with van der Waals surface area (Å²) in [6.07, 6.45) is 3.73. The first kappa shape index (κ1) is 21.0. The Bertz CT molecular complexity index is 781. The monoisotopic (exact) mass is 399 g/mol. The minimum Gasteiger partial charge on any atom is -0.495 e. The highest BCUT2D eigenvalue weighted by Gasteiger charge is 2.21. The van der Waals surface area contributed by atoms with E-state index in [0.717, 1.165) is 81.9 Å². The molecule has 1 saturated heterocycles. The molecule has 0 atom stereocenters. The number of para-hydroxylation sites is 2. The van der Waals surface area contributed by atoms with Gasteiger partial charge in [0.25, 0.3) is 0 Å². The number of hydrogen-bond donors (Lipinski definition) is 1. The molecule has 0 spiro atoms. The number of aryl methyl sites for hydroxylation is 1. The average molecular weight is 400 g/mol. The van der Waals surface area contributed by atoms with E-state index >= 15 is 0 Å². The van der Waals surface area contributed by atoms with Crippen LogP contribution in [-0.4, -0.2) is 72.0 Å². The molecule has 3 rings (SSSR count). The van der Waals surface area contributed by atoms with Crippen LogP contribution in [0.5, 0.6) is 5.75 Å². The zero-order valence-corrected chi connectivity index (χ0v) is 17.8. The fourth-order valence-electron chi connectivity index (χ4n) is 3.56. The Morgan fingerprint density at radius 2 is 1.97 bits per heavy atom. The number of aliphatic imine (C=N–C) groups is 1. The van der Waals surface area contributed by atoms with Gasteiger partial charge in [-0.3, -0.25) is 4.99 Å². The number of piperazine rings is 1. The molecule has 0 bridgehead atoms. The molecule has 0 aliphatic carbocycles. The fraction of sp³-hybridized carbons (Fsp3) is 0.571. The first-order valence-corrected chi connectivity index (χ1v) is 10.5. The van der Waals surface area contributed by atoms with Crippen LogP contribution in [0, 0.1) is 0 Å². The average Bonchev–Trinajstić information content (AvgIpc) is 3.23. The first-order chi connectivity index (χ1) is 14.3. The molecule has 1 aromatic carbocycles. The third-order valence-corrected chi connectivity index (χ3v) is 5.14. The number of aromatic nitrogens is 3. The third-order valence-electron chi connectivity index (χ3n) is 5.14. The molecule has 8 nitrogen and oxygen atoms in total. The van der Waals surface area contributed by atoms with Gasteiger partial charge in [-0.05, 0) is 18.6 Å². The van der Waals surface area contributed by atoms with Crippen molar-refractivity contribution in [3.8, 4) is 5.75 Å². The maximum atomic E-state index is 5.53. The van der Waals surface area contributed by atoms with Crippen molar-refractivity contribution in [2.75, 3.05) is 51.3 Å². The maximum absolute atomic E-state index is 5.53. The van der Waals surface area contributed by atoms with Gasteiger partial charge in [0.15, 0.2) is 5.96 Å². The van der Waals surface area contributed by atoms with Crippen molar-refractivity contribution < 1.29 is 4.74 Å². The molecule has 1 aliphatic rings. The SMILES string of the molecule is CCCN=C(NCCn1cnnc1CC)N1CCN(c2ccccc2OC)CC1. The molecule has 0 saturated carbocycles. The van der Waals surface area contributed by atoms with Crippen molar-refractivity contribution in [3.05, 3.63) is 36.4 Å². The molecule has 2 aromatic rings. The number of rotatable bonds is 8. The van der Waals surface area contributed by atoms with Crippen LogP contribution in [0.3, 0.4) is 0 Å². The molecular formula is C21H33N7O. The van der Waals surface area contributed by atoms with E-state index in [9.17, 15) is 0 Å². The summed E-state index contributed by atoms with van der Waals surface area (Å²) in [5.74, 6) is 2.95. The lowest BCUT2D eigenvalue weighted by atomic mass is 10.2. The van der Waals surface area contributed by atoms with Gasteiger partial charge in [0.05, 0.1) is 12.8 Å². The highest BCUT2D eigenvalue weighted by Crippen LogP contribution is 2.28. The molecule has 1 fully saturated rings. The topological polar surface area (TPSA) is 70.8 Å². The van der Waals surface area contributed by atoms with Gasteiger partial charge >= 0.3 is 0 Å². The summed E-state index contributed by atoms with van der Waals surface area (Å²) in [5.41, 5.74) is 1.16. The molecular weight excluding hydrogens is 366 g/mol. The summed E-state index contributed by atoms with van der Waals surface area (Å²) >= 11 is 0. The van der Waals surface area contributed by atoms with Gasteiger partial charge in [-0.15, -0.1) is 10.2 Å². The number of anilines is 1. The number of benzene rings is 1. The molecule has 0 amide bonds. The van der Waals surface area contributed by atoms with Crippen LogP contribution in [0.25, 0.3) is 0 Å². The van der Waals surface area contributed by atoms with Gasteiger partial charge in [0.1, 0.15) is 17.9 Å². The quantitative estimate of drug-likeness (QED) is 0.541. The van der Waals surface area contributed by atoms with Gasteiger partial charge < -0.3 is 24.4 Å². The largest absolute Gasteiger partial charge is 0.495 e. The minimum absolute atomic E-state index is 0.806. The number of nitrogens with zero attached hydrogens (tertiary/aromatic N) is 6. The van der Waals surface area contributed by atoms with Crippen LogP contribution in [-0.2, 0) is 13.0 Å². The molecule has 8 heteroatoms. The highest BCUT2D eigenvalue weighted by atomic mass is 16.5. The second kappa shape index (κ2) is 10.7. The summed E-state index contributed by atoms with van der Waals surface area (Å²) < 4.78 is 7.63. The van der Waals surface area contributed by atoms with E-state index in [0.29, 0.717) is 0 Å². The molecule has 2 heterocycles. The number of guanidine groups is 1. The van der Waals surface area contributed by atoms with Gasteiger partial charge in [0.2, 0.25) is 0 Å². The zero-order valence-electron chi connectivity index (χ0n) is 17.8. The summed E-state index contributed by atoms with van der Waals surface area (Å²) in [4.78, 5) is 9.55. The van der Waals surface area contributed by atoms with Crippen molar-refractivity contribution >= 4 is 11.6 Å². The molecule has 1 aromatic heterocycles. The van der Waals surface area contributed by atoms with Crippen LogP contribution in [0.1, 0.15) is 26.1 Å². The standard InChI is InChI=1S/C21H33N7O/c1-4-10-22-21(23-11-12-28-17-24-25-20(28)5-2)27-15-13-26(14-16-27)18-8-6-7-9-19(18)29-3/h6-9,17H,4-5,10-16H2,1-3H3,(H,22,23). The van der Waals surface area contributed by atoms with Crippen molar-refractivity contribution in [2.45, 2.75) is 33.2 Å². The zero-order chi connectivity index (χ0) is 20.5. The lowest BCUT2D eigenvalue weighted by Crippen LogP contribution is -2.53. The summed E-state index contributed by atoms with van der Waals surface area (Å²) in [7, 11) is 1.73. The Labute approximate surface area is 173 Å². The van der Waals surface area contributed by atoms with Gasteiger partial charge in [-0.25, -0.2) is 0 Å². The Morgan fingerprint density at radius 1 is 1.17 bits per heavy atom. The van der Waals surface area contributed by atoms with Crippen LogP contribution in [0.15, 0.2) is 35.6 Å². The van der Waals surface area contributed by atoms with E-state index in [1.165, 1.54) is 0 Å². The van der Waals surface area contributed by atoms with Gasteiger partial charge in [-0.1, -0.05) is 26.0 Å². The Balaban J connectivity index is 1.57. The molecule has 1 N–H and O–H groups in total. The molecule has 0 radical (unpaired) electrons. The normalized spacial score (nSPS) is 14.9. The predicted molar refractivity (Wildman–Crippen MR) is 117 cm³/mol. The van der Waals surface area contributed by atoms with Crippen molar-refractivity contribution in [1.82, 2.24) is 25.0 Å². The van der Waals surface area contributed by atoms with Crippen LogP contribution in [0.2, 0.25) is 0 Å². The number of nitrogens with one attached hydrogen (secondary N) is 1. The van der Waals surface area contributed by atoms with Crippen LogP contribution < -0.4 is 15.0 Å². The van der Waals surface area contributed by atoms with Crippen LogP contribution in [0.4, 0.5) is 5.69 Å². The summed E-state index contributed by atoms with van der Waals surface area (Å²) in [6, 6.07) is 8.23. The van der Waals surface area contributed by atoms with E-state index < -0.39 is 0 Å². The summed E-state index contributed by atoms with van der Waals surface area (Å²) in [6.45, 7) is 10.5. The minimum atomic E-state index is 0.806. The van der Waals surface area contributed by atoms with Gasteiger partial charge in [0, 0.05) is 52.2 Å². The number of hydrogen-bond acceptors (Lipinski definition) is 5. The number of methoxy groups -OCH3 is 1. The molecule has 0 unspecified atom stereocenters. The molecule has 1 aliphatic heterocycles. The van der Waals surface area contributed by atoms with Crippen molar-refractivity contribution in [3.63, 3.8) is 0 Å². The second-order valence-electron chi connectivity index (χ2n) is 7.07. The highest BCUT2D eigenvalue weighted by molar-refractivity contribution is 5.80. The van der Waals surface area contributed by atoms with Crippen molar-refractivity contribution in [1.29, 1.82) is 0 Å². The lowest BCUT2D eigenvalue weighted by molar-refractivity contribution is 0.365. The van der Waals surface area contributed by atoms with E-state index in [2.05, 4.69) is 55.9 Å².